The van der Waals surface area contributed by atoms with E-state index in [4.69, 9.17) is 4.74 Å². The van der Waals surface area contributed by atoms with Gasteiger partial charge in [-0.1, -0.05) is 71.9 Å². The third kappa shape index (κ3) is 3.06. The molecule has 3 unspecified atom stereocenters. The first-order valence-corrected chi connectivity index (χ1v) is 11.5. The van der Waals surface area contributed by atoms with E-state index >= 15 is 0 Å². The van der Waals surface area contributed by atoms with Crippen molar-refractivity contribution in [2.75, 3.05) is 0 Å². The van der Waals surface area contributed by atoms with Crippen molar-refractivity contribution in [1.82, 2.24) is 0 Å². The Kier molecular flexibility index (Phi) is 4.33. The maximum atomic E-state index is 6.27. The molecule has 0 saturated heterocycles. The Balaban J connectivity index is 1.47. The van der Waals surface area contributed by atoms with E-state index in [0.29, 0.717) is 0 Å². The Hall–Kier alpha value is -2.28. The van der Waals surface area contributed by atoms with Crippen LogP contribution in [0.4, 0.5) is 0 Å². The van der Waals surface area contributed by atoms with Crippen LogP contribution in [0.5, 0.6) is 11.5 Å². The molecule has 0 aliphatic heterocycles. The van der Waals surface area contributed by atoms with Crippen LogP contribution < -0.4 is 4.74 Å². The molecule has 1 nitrogen and oxygen atoms in total. The van der Waals surface area contributed by atoms with Gasteiger partial charge in [0.25, 0.3) is 0 Å². The zero-order valence-corrected chi connectivity index (χ0v) is 19.3. The van der Waals surface area contributed by atoms with Crippen molar-refractivity contribution in [3.63, 3.8) is 0 Å². The second kappa shape index (κ2) is 6.61. The third-order valence-electron chi connectivity index (χ3n) is 7.72. The number of rotatable bonds is 2. The molecule has 0 spiro atoms. The molecule has 0 amide bonds. The largest absolute Gasteiger partial charge is 0.457 e. The van der Waals surface area contributed by atoms with E-state index in [-0.39, 0.29) is 10.8 Å². The normalized spacial score (nSPS) is 26.4. The highest BCUT2D eigenvalue weighted by Crippen LogP contribution is 2.56. The molecule has 0 heterocycles. The van der Waals surface area contributed by atoms with Crippen LogP contribution in [-0.2, 0) is 10.8 Å². The van der Waals surface area contributed by atoms with Crippen LogP contribution in [0.1, 0.15) is 71.1 Å². The lowest BCUT2D eigenvalue weighted by atomic mass is 9.75. The van der Waals surface area contributed by atoms with Crippen LogP contribution in [-0.4, -0.2) is 0 Å². The Labute approximate surface area is 181 Å². The van der Waals surface area contributed by atoms with E-state index in [2.05, 4.69) is 96.2 Å². The first kappa shape index (κ1) is 19.7. The number of benzene rings is 2. The van der Waals surface area contributed by atoms with Gasteiger partial charge in [0.2, 0.25) is 0 Å². The summed E-state index contributed by atoms with van der Waals surface area (Å²) in [6, 6.07) is 15.2. The molecule has 1 saturated carbocycles. The SMILES string of the molecule is CC1CCC2C=C3C(=CC12)C(C)(C)c1cc(Oc2ccc(C(C)(C)C)cc2)ccc13. The van der Waals surface area contributed by atoms with E-state index in [9.17, 15) is 0 Å². The molecule has 3 aliphatic rings. The van der Waals surface area contributed by atoms with Gasteiger partial charge in [-0.2, -0.15) is 0 Å². The fourth-order valence-corrected chi connectivity index (χ4v) is 5.75. The van der Waals surface area contributed by atoms with E-state index in [0.717, 1.165) is 29.3 Å². The molecular formula is C29H34O. The van der Waals surface area contributed by atoms with Gasteiger partial charge in [-0.15, -0.1) is 0 Å². The minimum absolute atomic E-state index is 0.0317. The number of hydrogen-bond acceptors (Lipinski definition) is 1. The van der Waals surface area contributed by atoms with Crippen molar-refractivity contribution >= 4 is 5.57 Å². The summed E-state index contributed by atoms with van der Waals surface area (Å²) in [6.45, 7) is 13.9. The van der Waals surface area contributed by atoms with Crippen molar-refractivity contribution in [3.8, 4) is 11.5 Å². The molecule has 3 aliphatic carbocycles. The molecule has 0 bridgehead atoms. The summed E-state index contributed by atoms with van der Waals surface area (Å²) in [5.74, 6) is 4.07. The van der Waals surface area contributed by atoms with Crippen molar-refractivity contribution in [1.29, 1.82) is 0 Å². The van der Waals surface area contributed by atoms with Gasteiger partial charge < -0.3 is 4.74 Å². The maximum Gasteiger partial charge on any atom is 0.127 e. The summed E-state index contributed by atoms with van der Waals surface area (Å²) in [4.78, 5) is 0. The van der Waals surface area contributed by atoms with Gasteiger partial charge in [0.15, 0.2) is 0 Å². The van der Waals surface area contributed by atoms with Crippen molar-refractivity contribution in [2.24, 2.45) is 17.8 Å². The first-order valence-electron chi connectivity index (χ1n) is 11.5. The third-order valence-corrected chi connectivity index (χ3v) is 7.72. The smallest absolute Gasteiger partial charge is 0.127 e. The van der Waals surface area contributed by atoms with Gasteiger partial charge in [-0.3, -0.25) is 0 Å². The van der Waals surface area contributed by atoms with Crippen molar-refractivity contribution in [2.45, 2.75) is 65.2 Å². The van der Waals surface area contributed by atoms with Gasteiger partial charge >= 0.3 is 0 Å². The first-order chi connectivity index (χ1) is 14.1. The lowest BCUT2D eigenvalue weighted by molar-refractivity contribution is 0.444. The highest BCUT2D eigenvalue weighted by atomic mass is 16.5. The molecule has 156 valence electrons. The average molecular weight is 399 g/mol. The lowest BCUT2D eigenvalue weighted by Gasteiger charge is -2.29. The Morgan fingerprint density at radius 2 is 1.60 bits per heavy atom. The number of ether oxygens (including phenoxy) is 1. The molecule has 0 radical (unpaired) electrons. The minimum Gasteiger partial charge on any atom is -0.457 e. The second-order valence-corrected chi connectivity index (χ2v) is 11.2. The van der Waals surface area contributed by atoms with Crippen LogP contribution in [0.2, 0.25) is 0 Å². The number of allylic oxidation sites excluding steroid dienone is 4. The summed E-state index contributed by atoms with van der Waals surface area (Å²) in [6.07, 6.45) is 7.89. The summed E-state index contributed by atoms with van der Waals surface area (Å²) in [5.41, 5.74) is 7.32. The molecule has 3 atom stereocenters. The zero-order chi connectivity index (χ0) is 21.3. The van der Waals surface area contributed by atoms with Gasteiger partial charge in [-0.25, -0.2) is 0 Å². The lowest BCUT2D eigenvalue weighted by Crippen LogP contribution is -2.20. The summed E-state index contributed by atoms with van der Waals surface area (Å²) >= 11 is 0. The molecule has 30 heavy (non-hydrogen) atoms. The van der Waals surface area contributed by atoms with Crippen LogP contribution in [0.25, 0.3) is 5.57 Å². The van der Waals surface area contributed by atoms with Crippen molar-refractivity contribution < 1.29 is 4.74 Å². The quantitative estimate of drug-likeness (QED) is 0.497. The molecule has 1 heteroatoms. The summed E-state index contributed by atoms with van der Waals surface area (Å²) in [7, 11) is 0. The fourth-order valence-electron chi connectivity index (χ4n) is 5.75. The fraction of sp³-hybridized carbons (Fsp3) is 0.448. The Morgan fingerprint density at radius 3 is 2.30 bits per heavy atom. The highest BCUT2D eigenvalue weighted by molar-refractivity contribution is 5.91. The average Bonchev–Trinajstić information content (AvgIpc) is 3.16. The molecule has 0 aromatic heterocycles. The van der Waals surface area contributed by atoms with E-state index < -0.39 is 0 Å². The number of hydrogen-bond donors (Lipinski definition) is 0. The predicted octanol–water partition coefficient (Wildman–Crippen LogP) is 8.05. The van der Waals surface area contributed by atoms with Gasteiger partial charge in [0.05, 0.1) is 0 Å². The maximum absolute atomic E-state index is 6.27. The van der Waals surface area contributed by atoms with Crippen LogP contribution in [0, 0.1) is 17.8 Å². The summed E-state index contributed by atoms with van der Waals surface area (Å²) < 4.78 is 6.27. The molecular weight excluding hydrogens is 364 g/mol. The minimum atomic E-state index is 0.0317. The Bertz CT molecular complexity index is 1040. The van der Waals surface area contributed by atoms with Crippen LogP contribution in [0.15, 0.2) is 60.2 Å². The van der Waals surface area contributed by atoms with Crippen LogP contribution in [0.3, 0.4) is 0 Å². The monoisotopic (exact) mass is 398 g/mol. The van der Waals surface area contributed by atoms with E-state index in [1.54, 1.807) is 0 Å². The molecule has 0 N–H and O–H groups in total. The van der Waals surface area contributed by atoms with Gasteiger partial charge in [0.1, 0.15) is 11.5 Å². The van der Waals surface area contributed by atoms with Gasteiger partial charge in [0, 0.05) is 5.41 Å². The molecule has 2 aromatic carbocycles. The standard InChI is InChI=1S/C29H34O/c1-18-7-8-19-15-25-23-14-13-22(16-26(23)29(5,6)27(25)17-24(18)19)30-21-11-9-20(10-12-21)28(2,3)4/h9-19,24H,7-8H2,1-6H3. The predicted molar refractivity (Wildman–Crippen MR) is 126 cm³/mol. The van der Waals surface area contributed by atoms with E-state index in [1.807, 2.05) is 0 Å². The topological polar surface area (TPSA) is 9.23 Å². The molecule has 2 aromatic rings. The van der Waals surface area contributed by atoms with Crippen LogP contribution >= 0.6 is 0 Å². The molecule has 1 fully saturated rings. The number of fused-ring (bicyclic) bond motifs is 4. The zero-order valence-electron chi connectivity index (χ0n) is 19.3. The summed E-state index contributed by atoms with van der Waals surface area (Å²) in [5, 5.41) is 0. The van der Waals surface area contributed by atoms with Crippen molar-refractivity contribution in [3.05, 3.63) is 76.9 Å². The second-order valence-electron chi connectivity index (χ2n) is 11.2. The van der Waals surface area contributed by atoms with Gasteiger partial charge in [-0.05, 0) is 88.1 Å². The molecule has 5 rings (SSSR count). The Morgan fingerprint density at radius 1 is 0.900 bits per heavy atom. The highest BCUT2D eigenvalue weighted by Gasteiger charge is 2.44. The van der Waals surface area contributed by atoms with E-state index in [1.165, 1.54) is 40.7 Å².